The van der Waals surface area contributed by atoms with E-state index in [9.17, 15) is 0 Å². The fourth-order valence-electron chi connectivity index (χ4n) is 1.27. The van der Waals surface area contributed by atoms with Gasteiger partial charge in [0.15, 0.2) is 0 Å². The molecule has 2 aromatic rings. The van der Waals surface area contributed by atoms with E-state index in [1.165, 1.54) is 0 Å². The second-order valence-electron chi connectivity index (χ2n) is 2.89. The van der Waals surface area contributed by atoms with Crippen LogP contribution in [0, 0.1) is 0 Å². The second-order valence-corrected chi connectivity index (χ2v) is 2.89. The van der Waals surface area contributed by atoms with Gasteiger partial charge >= 0.3 is 0 Å². The molecule has 0 bridgehead atoms. The summed E-state index contributed by atoms with van der Waals surface area (Å²) in [5.74, 6) is 0.682. The van der Waals surface area contributed by atoms with Gasteiger partial charge in [-0.05, 0) is 12.1 Å². The van der Waals surface area contributed by atoms with Gasteiger partial charge in [0.05, 0.1) is 0 Å². The van der Waals surface area contributed by atoms with E-state index in [4.69, 9.17) is 5.73 Å². The number of rotatable bonds is 1. The van der Waals surface area contributed by atoms with Gasteiger partial charge in [0.25, 0.3) is 5.82 Å². The standard InChI is InChI=1S/C11H10N2/c12-11-8-4-7-10(13-11)9-5-2-1-3-6-9/h1-8H,(H2,12,13)/p+1. The Balaban J connectivity index is 2.48. The minimum absolute atomic E-state index is 0.682. The molecular weight excluding hydrogens is 160 g/mol. The molecule has 2 nitrogen and oxygen atoms in total. The Labute approximate surface area is 77.0 Å². The van der Waals surface area contributed by atoms with E-state index in [-0.39, 0.29) is 0 Å². The number of nitrogens with two attached hydrogens (primary N) is 1. The van der Waals surface area contributed by atoms with Gasteiger partial charge in [0.1, 0.15) is 5.69 Å². The number of aromatic amines is 1. The highest BCUT2D eigenvalue weighted by Crippen LogP contribution is 2.13. The van der Waals surface area contributed by atoms with Crippen molar-refractivity contribution in [1.82, 2.24) is 0 Å². The first-order chi connectivity index (χ1) is 6.36. The number of nitrogen functional groups attached to an aromatic ring is 1. The van der Waals surface area contributed by atoms with Gasteiger partial charge in [-0.1, -0.05) is 30.3 Å². The lowest BCUT2D eigenvalue weighted by molar-refractivity contribution is -0.346. The Kier molecular flexibility index (Phi) is 1.96. The topological polar surface area (TPSA) is 40.2 Å². The lowest BCUT2D eigenvalue weighted by Crippen LogP contribution is -2.12. The van der Waals surface area contributed by atoms with Crippen LogP contribution in [-0.4, -0.2) is 0 Å². The van der Waals surface area contributed by atoms with Crippen molar-refractivity contribution in [3.8, 4) is 11.3 Å². The smallest absolute Gasteiger partial charge is 0.270 e. The molecule has 64 valence electrons. The summed E-state index contributed by atoms with van der Waals surface area (Å²) in [6.45, 7) is 0. The highest BCUT2D eigenvalue weighted by Gasteiger charge is 2.00. The van der Waals surface area contributed by atoms with Crippen LogP contribution in [0.4, 0.5) is 5.82 Å². The van der Waals surface area contributed by atoms with Crippen LogP contribution in [0.2, 0.25) is 0 Å². The summed E-state index contributed by atoms with van der Waals surface area (Å²) < 4.78 is 0. The highest BCUT2D eigenvalue weighted by atomic mass is 14.8. The molecule has 3 N–H and O–H groups in total. The first-order valence-corrected chi connectivity index (χ1v) is 4.19. The van der Waals surface area contributed by atoms with Crippen LogP contribution >= 0.6 is 0 Å². The number of H-pyrrole nitrogens is 1. The first kappa shape index (κ1) is 7.80. The lowest BCUT2D eigenvalue weighted by atomic mass is 10.1. The molecule has 0 saturated heterocycles. The number of nitrogens with one attached hydrogen (secondary N) is 1. The summed E-state index contributed by atoms with van der Waals surface area (Å²) >= 11 is 0. The molecule has 1 aromatic carbocycles. The third-order valence-corrected chi connectivity index (χ3v) is 1.90. The lowest BCUT2D eigenvalue weighted by Gasteiger charge is -1.96. The summed E-state index contributed by atoms with van der Waals surface area (Å²) in [7, 11) is 0. The minimum atomic E-state index is 0.682. The Hall–Kier alpha value is -1.83. The van der Waals surface area contributed by atoms with Crippen molar-refractivity contribution in [2.24, 2.45) is 0 Å². The average molecular weight is 171 g/mol. The molecule has 0 atom stereocenters. The Morgan fingerprint density at radius 2 is 1.62 bits per heavy atom. The zero-order valence-corrected chi connectivity index (χ0v) is 7.20. The molecule has 0 amide bonds. The molecule has 13 heavy (non-hydrogen) atoms. The monoisotopic (exact) mass is 171 g/mol. The zero-order chi connectivity index (χ0) is 9.10. The van der Waals surface area contributed by atoms with Crippen molar-refractivity contribution in [3.05, 3.63) is 48.5 Å². The minimum Gasteiger partial charge on any atom is -0.287 e. The largest absolute Gasteiger partial charge is 0.287 e. The maximum atomic E-state index is 5.64. The number of hydrogen-bond acceptors (Lipinski definition) is 1. The van der Waals surface area contributed by atoms with Gasteiger partial charge in [-0.15, -0.1) is 0 Å². The normalized spacial score (nSPS) is 9.85. The summed E-state index contributed by atoms with van der Waals surface area (Å²) in [6, 6.07) is 15.9. The van der Waals surface area contributed by atoms with Crippen molar-refractivity contribution in [2.75, 3.05) is 5.73 Å². The Morgan fingerprint density at radius 1 is 0.846 bits per heavy atom. The quantitative estimate of drug-likeness (QED) is 0.697. The molecule has 0 fully saturated rings. The van der Waals surface area contributed by atoms with E-state index in [2.05, 4.69) is 4.98 Å². The van der Waals surface area contributed by atoms with Crippen molar-refractivity contribution < 1.29 is 4.98 Å². The molecule has 1 aromatic heterocycles. The fourth-order valence-corrected chi connectivity index (χ4v) is 1.27. The maximum absolute atomic E-state index is 5.64. The van der Waals surface area contributed by atoms with Crippen LogP contribution in [0.25, 0.3) is 11.3 Å². The molecule has 2 heteroatoms. The van der Waals surface area contributed by atoms with Crippen molar-refractivity contribution in [2.45, 2.75) is 0 Å². The summed E-state index contributed by atoms with van der Waals surface area (Å²) in [5.41, 5.74) is 7.83. The van der Waals surface area contributed by atoms with Crippen LogP contribution in [-0.2, 0) is 0 Å². The molecule has 0 aliphatic heterocycles. The fraction of sp³-hybridized carbons (Fsp3) is 0. The molecule has 0 aliphatic carbocycles. The predicted molar refractivity (Wildman–Crippen MR) is 52.8 cm³/mol. The average Bonchev–Trinajstić information content (AvgIpc) is 2.19. The molecule has 0 radical (unpaired) electrons. The predicted octanol–water partition coefficient (Wildman–Crippen LogP) is 1.75. The van der Waals surface area contributed by atoms with Crippen LogP contribution in [0.1, 0.15) is 0 Å². The van der Waals surface area contributed by atoms with Gasteiger partial charge in [-0.2, -0.15) is 0 Å². The molecule has 0 spiro atoms. The van der Waals surface area contributed by atoms with E-state index in [0.717, 1.165) is 11.3 Å². The van der Waals surface area contributed by atoms with Crippen LogP contribution in [0.3, 0.4) is 0 Å². The molecule has 1 heterocycles. The Bertz CT molecular complexity index is 396. The third kappa shape index (κ3) is 1.67. The van der Waals surface area contributed by atoms with E-state index in [0.29, 0.717) is 5.82 Å². The van der Waals surface area contributed by atoms with Crippen LogP contribution in [0.5, 0.6) is 0 Å². The Morgan fingerprint density at radius 3 is 2.31 bits per heavy atom. The van der Waals surface area contributed by atoms with Gasteiger partial charge in [-0.3, -0.25) is 5.73 Å². The van der Waals surface area contributed by atoms with Crippen LogP contribution < -0.4 is 10.7 Å². The molecule has 0 saturated carbocycles. The summed E-state index contributed by atoms with van der Waals surface area (Å²) in [4.78, 5) is 3.10. The van der Waals surface area contributed by atoms with Crippen molar-refractivity contribution in [3.63, 3.8) is 0 Å². The molecule has 2 rings (SSSR count). The first-order valence-electron chi connectivity index (χ1n) is 4.19. The van der Waals surface area contributed by atoms with Crippen LogP contribution in [0.15, 0.2) is 48.5 Å². The number of hydrogen-bond donors (Lipinski definition) is 1. The van der Waals surface area contributed by atoms with Gasteiger partial charge in [0, 0.05) is 11.6 Å². The van der Waals surface area contributed by atoms with Crippen molar-refractivity contribution >= 4 is 5.82 Å². The number of benzene rings is 1. The molecule has 0 unspecified atom stereocenters. The van der Waals surface area contributed by atoms with E-state index < -0.39 is 0 Å². The third-order valence-electron chi connectivity index (χ3n) is 1.90. The number of anilines is 1. The number of aromatic nitrogens is 1. The van der Waals surface area contributed by atoms with Crippen molar-refractivity contribution in [1.29, 1.82) is 0 Å². The zero-order valence-electron chi connectivity index (χ0n) is 7.20. The summed E-state index contributed by atoms with van der Waals surface area (Å²) in [5, 5.41) is 0. The maximum Gasteiger partial charge on any atom is 0.270 e. The SMILES string of the molecule is Nc1cccc(-c2ccccc2)[nH+]1. The number of pyridine rings is 1. The van der Waals surface area contributed by atoms with Gasteiger partial charge in [0.2, 0.25) is 0 Å². The molecule has 0 aliphatic rings. The summed E-state index contributed by atoms with van der Waals surface area (Å²) in [6.07, 6.45) is 0. The van der Waals surface area contributed by atoms with E-state index >= 15 is 0 Å². The highest BCUT2D eigenvalue weighted by molar-refractivity contribution is 5.55. The molecular formula is C11H11N2+. The van der Waals surface area contributed by atoms with Gasteiger partial charge < -0.3 is 0 Å². The van der Waals surface area contributed by atoms with Gasteiger partial charge in [-0.25, -0.2) is 4.98 Å². The van der Waals surface area contributed by atoms with E-state index in [1.807, 2.05) is 48.5 Å². The van der Waals surface area contributed by atoms with E-state index in [1.54, 1.807) is 0 Å². The second kappa shape index (κ2) is 3.27.